The first kappa shape index (κ1) is 29.5. The van der Waals surface area contributed by atoms with Gasteiger partial charge in [0, 0.05) is 27.9 Å². The molecule has 44 heavy (non-hydrogen) atoms. The summed E-state index contributed by atoms with van der Waals surface area (Å²) < 4.78 is 0. The van der Waals surface area contributed by atoms with Crippen molar-refractivity contribution in [1.29, 1.82) is 0 Å². The van der Waals surface area contributed by atoms with E-state index in [1.54, 1.807) is 6.07 Å². The van der Waals surface area contributed by atoms with Gasteiger partial charge in [-0.2, -0.15) is 0 Å². The van der Waals surface area contributed by atoms with E-state index in [0.29, 0.717) is 22.5 Å². The van der Waals surface area contributed by atoms with Crippen LogP contribution in [0.1, 0.15) is 84.1 Å². The maximum Gasteiger partial charge on any atom is 0.123 e. The van der Waals surface area contributed by atoms with Crippen molar-refractivity contribution < 1.29 is 10.2 Å². The van der Waals surface area contributed by atoms with E-state index in [1.807, 2.05) is 24.3 Å². The lowest BCUT2D eigenvalue weighted by Gasteiger charge is -2.13. The molecule has 5 heterocycles. The third-order valence-corrected chi connectivity index (χ3v) is 8.52. The summed E-state index contributed by atoms with van der Waals surface area (Å²) in [7, 11) is 0. The van der Waals surface area contributed by atoms with Gasteiger partial charge in [-0.1, -0.05) is 40.0 Å². The lowest BCUT2D eigenvalue weighted by molar-refractivity contribution is 0.459. The molecule has 5 aliphatic heterocycles. The molecule has 1 aromatic rings. The molecule has 0 saturated carbocycles. The molecule has 1 aromatic carbocycles. The zero-order valence-corrected chi connectivity index (χ0v) is 25.9. The van der Waals surface area contributed by atoms with Crippen molar-refractivity contribution in [2.45, 2.75) is 78.6 Å². The number of allylic oxidation sites excluding steroid dienone is 12. The van der Waals surface area contributed by atoms with E-state index in [4.69, 9.17) is 20.0 Å². The fourth-order valence-corrected chi connectivity index (χ4v) is 6.09. The number of nitrogens with zero attached hydrogens (tertiary/aromatic N) is 4. The highest BCUT2D eigenvalue weighted by atomic mass is 16.3. The van der Waals surface area contributed by atoms with Gasteiger partial charge in [0.05, 0.1) is 45.6 Å². The summed E-state index contributed by atoms with van der Waals surface area (Å²) in [6, 6.07) is 4.58. The van der Waals surface area contributed by atoms with Crippen LogP contribution in [-0.4, -0.2) is 33.1 Å². The number of phenolic OH excluding ortho intramolecular Hbond substituents is 2. The number of hydrogen-bond acceptors (Lipinski definition) is 6. The summed E-state index contributed by atoms with van der Waals surface area (Å²) in [6.45, 7) is 6.61. The predicted molar refractivity (Wildman–Crippen MR) is 183 cm³/mol. The van der Waals surface area contributed by atoms with Gasteiger partial charge >= 0.3 is 0 Å². The van der Waals surface area contributed by atoms with Crippen molar-refractivity contribution in [3.63, 3.8) is 0 Å². The van der Waals surface area contributed by atoms with Crippen LogP contribution in [0.15, 0.2) is 126 Å². The van der Waals surface area contributed by atoms with Crippen LogP contribution in [0.5, 0.6) is 11.5 Å². The smallest absolute Gasteiger partial charge is 0.123 e. The molecule has 2 N–H and O–H groups in total. The van der Waals surface area contributed by atoms with Crippen molar-refractivity contribution >= 4 is 28.4 Å². The van der Waals surface area contributed by atoms with Crippen LogP contribution in [-0.2, 0) is 0 Å². The number of aliphatic imine (C=N–C) groups is 4. The molecule has 0 spiro atoms. The molecule has 0 unspecified atom stereocenters. The second-order valence-electron chi connectivity index (χ2n) is 11.7. The Bertz CT molecular complexity index is 1760. The van der Waals surface area contributed by atoms with Crippen LogP contribution in [0.25, 0.3) is 5.57 Å². The Morgan fingerprint density at radius 2 is 0.909 bits per heavy atom. The lowest BCUT2D eigenvalue weighted by atomic mass is 9.97. The summed E-state index contributed by atoms with van der Waals surface area (Å²) in [5.41, 5.74) is 11.5. The molecular formula is C38H40N4O2. The molecule has 0 atom stereocenters. The number of phenols is 2. The monoisotopic (exact) mass is 584 g/mol. The molecule has 6 heteroatoms. The van der Waals surface area contributed by atoms with Gasteiger partial charge in [0.1, 0.15) is 11.5 Å². The van der Waals surface area contributed by atoms with Crippen LogP contribution in [0.4, 0.5) is 0 Å². The molecule has 8 bridgehead atoms. The fraction of sp³-hybridized carbons (Fsp3) is 0.316. The van der Waals surface area contributed by atoms with Crippen LogP contribution in [0.3, 0.4) is 0 Å². The average molecular weight is 585 g/mol. The minimum atomic E-state index is 0.0616. The number of aromatic hydroxyl groups is 2. The van der Waals surface area contributed by atoms with Crippen molar-refractivity contribution in [3.8, 4) is 11.5 Å². The van der Waals surface area contributed by atoms with E-state index in [1.165, 1.54) is 17.7 Å². The SMILES string of the molecule is CCCCC1=C2C=CC(=N2)C(CCCC)=C2C=CC(=N2)C(c2cc(O)ccc2O)=C2C=CC(=N2)C(CCCC)=C2C=CC1=N2. The Morgan fingerprint density at radius 1 is 0.500 bits per heavy atom. The number of benzene rings is 1. The van der Waals surface area contributed by atoms with Crippen LogP contribution < -0.4 is 0 Å². The number of fused-ring (bicyclic) bond motifs is 4. The maximum absolute atomic E-state index is 11.0. The number of hydrogen-bond donors (Lipinski definition) is 2. The standard InChI is InChI=1S/C38H40N4O2/c1-4-7-10-25-29-14-16-31(39-29)26(11-8-5-2)33-18-20-35(41-33)38(28-23-24(43)13-22-37(28)44)36-21-19-34(42-36)27(12-9-6-3)32-17-15-30(25)40-32/h13-23,43-44H,4-12H2,1-3H3. The van der Waals surface area contributed by atoms with Crippen molar-refractivity contribution in [2.24, 2.45) is 20.0 Å². The Hall–Kier alpha value is -4.58. The Morgan fingerprint density at radius 3 is 1.39 bits per heavy atom. The normalized spacial score (nSPS) is 18.7. The highest BCUT2D eigenvalue weighted by Crippen LogP contribution is 2.38. The summed E-state index contributed by atoms with van der Waals surface area (Å²) >= 11 is 0. The molecule has 0 amide bonds. The van der Waals surface area contributed by atoms with Crippen molar-refractivity contribution in [3.05, 3.63) is 112 Å². The van der Waals surface area contributed by atoms with E-state index < -0.39 is 0 Å². The Balaban J connectivity index is 1.63. The van der Waals surface area contributed by atoms with Gasteiger partial charge in [-0.05, 0) is 105 Å². The molecule has 6 rings (SSSR count). The van der Waals surface area contributed by atoms with Gasteiger partial charge in [0.2, 0.25) is 0 Å². The van der Waals surface area contributed by atoms with Crippen LogP contribution >= 0.6 is 0 Å². The minimum absolute atomic E-state index is 0.0616. The average Bonchev–Trinajstić information content (AvgIpc) is 3.85. The van der Waals surface area contributed by atoms with Crippen LogP contribution in [0.2, 0.25) is 0 Å². The molecule has 0 fully saturated rings. The third-order valence-electron chi connectivity index (χ3n) is 8.52. The van der Waals surface area contributed by atoms with Gasteiger partial charge in [-0.3, -0.25) is 0 Å². The van der Waals surface area contributed by atoms with Crippen molar-refractivity contribution in [2.75, 3.05) is 0 Å². The molecule has 0 aromatic heterocycles. The van der Waals surface area contributed by atoms with Gasteiger partial charge in [0.25, 0.3) is 0 Å². The molecular weight excluding hydrogens is 544 g/mol. The zero-order valence-electron chi connectivity index (χ0n) is 25.9. The summed E-state index contributed by atoms with van der Waals surface area (Å²) in [6.07, 6.45) is 25.5. The summed E-state index contributed by atoms with van der Waals surface area (Å²) in [4.78, 5) is 20.7. The second kappa shape index (κ2) is 13.0. The third kappa shape index (κ3) is 5.81. The molecule has 0 aliphatic carbocycles. The first-order valence-corrected chi connectivity index (χ1v) is 16.0. The van der Waals surface area contributed by atoms with E-state index in [2.05, 4.69) is 45.1 Å². The maximum atomic E-state index is 11.0. The van der Waals surface area contributed by atoms with Gasteiger partial charge in [0.15, 0.2) is 0 Å². The molecule has 6 nitrogen and oxygen atoms in total. The van der Waals surface area contributed by atoms with Crippen LogP contribution in [0, 0.1) is 0 Å². The van der Waals surface area contributed by atoms with Crippen molar-refractivity contribution in [1.82, 2.24) is 0 Å². The molecule has 0 radical (unpaired) electrons. The topological polar surface area (TPSA) is 89.9 Å². The van der Waals surface area contributed by atoms with Gasteiger partial charge in [-0.25, -0.2) is 20.0 Å². The minimum Gasteiger partial charge on any atom is -0.508 e. The largest absolute Gasteiger partial charge is 0.508 e. The predicted octanol–water partition coefficient (Wildman–Crippen LogP) is 9.20. The molecule has 0 saturated heterocycles. The van der Waals surface area contributed by atoms with E-state index in [0.717, 1.165) is 103 Å². The number of unbranched alkanes of at least 4 members (excludes halogenated alkanes) is 3. The first-order chi connectivity index (χ1) is 21.5. The first-order valence-electron chi connectivity index (χ1n) is 16.0. The van der Waals surface area contributed by atoms with E-state index >= 15 is 0 Å². The fourth-order valence-electron chi connectivity index (χ4n) is 6.09. The van der Waals surface area contributed by atoms with Gasteiger partial charge in [-0.15, -0.1) is 0 Å². The summed E-state index contributed by atoms with van der Waals surface area (Å²) in [5, 5.41) is 21.4. The van der Waals surface area contributed by atoms with Gasteiger partial charge < -0.3 is 10.2 Å². The lowest BCUT2D eigenvalue weighted by Crippen LogP contribution is -2.04. The Kier molecular flexibility index (Phi) is 8.69. The zero-order chi connectivity index (χ0) is 30.6. The summed E-state index contributed by atoms with van der Waals surface area (Å²) in [5.74, 6) is 0.130. The highest BCUT2D eigenvalue weighted by molar-refractivity contribution is 6.33. The number of rotatable bonds is 10. The Labute approximate surface area is 260 Å². The van der Waals surface area contributed by atoms with E-state index in [-0.39, 0.29) is 11.5 Å². The molecule has 224 valence electrons. The second-order valence-corrected chi connectivity index (χ2v) is 11.7. The quantitative estimate of drug-likeness (QED) is 0.268. The molecule has 5 aliphatic rings. The highest BCUT2D eigenvalue weighted by Gasteiger charge is 2.26. The van der Waals surface area contributed by atoms with E-state index in [9.17, 15) is 10.2 Å².